The molecular formula is C25H18N6. The van der Waals surface area contributed by atoms with Crippen molar-refractivity contribution >= 4 is 21.8 Å². The van der Waals surface area contributed by atoms with Gasteiger partial charge in [0.25, 0.3) is 0 Å². The number of aromatic nitrogens is 6. The van der Waals surface area contributed by atoms with Crippen molar-refractivity contribution in [1.82, 2.24) is 29.5 Å². The summed E-state index contributed by atoms with van der Waals surface area (Å²) in [7, 11) is 0. The number of hydrogen-bond acceptors (Lipinski definition) is 4. The molecule has 0 aliphatic heterocycles. The van der Waals surface area contributed by atoms with Crippen LogP contribution in [0.4, 0.5) is 0 Å². The second kappa shape index (κ2) is 7.18. The molecule has 6 heteroatoms. The van der Waals surface area contributed by atoms with Crippen LogP contribution in [0.1, 0.15) is 0 Å². The highest BCUT2D eigenvalue weighted by molar-refractivity contribution is 5.82. The second-order valence-electron chi connectivity index (χ2n) is 7.46. The Bertz CT molecular complexity index is 1410. The Morgan fingerprint density at radius 1 is 0.548 bits per heavy atom. The first-order valence-corrected chi connectivity index (χ1v) is 10.1. The fourth-order valence-electron chi connectivity index (χ4n) is 3.75. The van der Waals surface area contributed by atoms with Crippen molar-refractivity contribution in [3.63, 3.8) is 0 Å². The van der Waals surface area contributed by atoms with Gasteiger partial charge in [0.05, 0.1) is 34.8 Å². The summed E-state index contributed by atoms with van der Waals surface area (Å²) < 4.78 is 3.72. The van der Waals surface area contributed by atoms with Gasteiger partial charge in [-0.05, 0) is 24.3 Å². The molecule has 6 nitrogen and oxygen atoms in total. The summed E-state index contributed by atoms with van der Waals surface area (Å²) in [6.45, 7) is 0.515. The molecule has 0 saturated heterocycles. The lowest BCUT2D eigenvalue weighted by atomic mass is 10.1. The molecule has 0 bridgehead atoms. The van der Waals surface area contributed by atoms with Gasteiger partial charge in [0.1, 0.15) is 6.67 Å². The Morgan fingerprint density at radius 3 is 1.55 bits per heavy atom. The normalized spacial score (nSPS) is 11.4. The lowest BCUT2D eigenvalue weighted by Gasteiger charge is -2.02. The molecule has 0 spiro atoms. The van der Waals surface area contributed by atoms with Gasteiger partial charge in [-0.25, -0.2) is 9.97 Å². The molecule has 0 saturated carbocycles. The largest absolute Gasteiger partial charge is 0.250 e. The van der Waals surface area contributed by atoms with E-state index < -0.39 is 0 Å². The highest BCUT2D eigenvalue weighted by atomic mass is 15.4. The van der Waals surface area contributed by atoms with Crippen molar-refractivity contribution in [3.8, 4) is 22.5 Å². The monoisotopic (exact) mass is 402 g/mol. The predicted octanol–water partition coefficient (Wildman–Crippen LogP) is 5.02. The summed E-state index contributed by atoms with van der Waals surface area (Å²) in [6, 6.07) is 24.5. The van der Waals surface area contributed by atoms with Gasteiger partial charge in [-0.1, -0.05) is 48.5 Å². The van der Waals surface area contributed by atoms with Crippen molar-refractivity contribution in [3.05, 3.63) is 97.6 Å². The highest BCUT2D eigenvalue weighted by Gasteiger charge is 2.08. The van der Waals surface area contributed by atoms with Crippen molar-refractivity contribution < 1.29 is 0 Å². The fraction of sp³-hybridized carbons (Fsp3) is 0.0400. The maximum absolute atomic E-state index is 4.75. The molecule has 0 radical (unpaired) electrons. The molecule has 4 aromatic heterocycles. The Hall–Kier alpha value is -4.32. The van der Waals surface area contributed by atoms with E-state index in [1.807, 2.05) is 82.7 Å². The molecule has 0 aliphatic carbocycles. The summed E-state index contributed by atoms with van der Waals surface area (Å²) in [4.78, 5) is 9.50. The van der Waals surface area contributed by atoms with Crippen LogP contribution in [0.5, 0.6) is 0 Å². The molecular weight excluding hydrogens is 384 g/mol. The van der Waals surface area contributed by atoms with Crippen LogP contribution in [-0.4, -0.2) is 29.5 Å². The minimum absolute atomic E-state index is 0.515. The van der Waals surface area contributed by atoms with Crippen LogP contribution in [0.15, 0.2) is 97.6 Å². The molecule has 4 heterocycles. The zero-order chi connectivity index (χ0) is 20.6. The van der Waals surface area contributed by atoms with Crippen LogP contribution >= 0.6 is 0 Å². The van der Waals surface area contributed by atoms with Crippen LogP contribution in [-0.2, 0) is 6.67 Å². The van der Waals surface area contributed by atoms with Crippen LogP contribution in [0, 0.1) is 0 Å². The van der Waals surface area contributed by atoms with Gasteiger partial charge >= 0.3 is 0 Å². The number of para-hydroxylation sites is 2. The molecule has 6 aromatic rings. The number of pyridine rings is 2. The van der Waals surface area contributed by atoms with Gasteiger partial charge in [-0.15, -0.1) is 0 Å². The first-order valence-electron chi connectivity index (χ1n) is 10.1. The molecule has 2 aromatic carbocycles. The molecule has 0 atom stereocenters. The smallest absolute Gasteiger partial charge is 0.133 e. The minimum Gasteiger partial charge on any atom is -0.250 e. The predicted molar refractivity (Wildman–Crippen MR) is 121 cm³/mol. The Labute approximate surface area is 178 Å². The molecule has 0 fully saturated rings. The zero-order valence-corrected chi connectivity index (χ0v) is 16.6. The average molecular weight is 402 g/mol. The summed E-state index contributed by atoms with van der Waals surface area (Å²) >= 11 is 0. The molecule has 148 valence electrons. The summed E-state index contributed by atoms with van der Waals surface area (Å²) in [5.74, 6) is 0. The van der Waals surface area contributed by atoms with E-state index in [4.69, 9.17) is 9.97 Å². The first-order chi connectivity index (χ1) is 15.3. The van der Waals surface area contributed by atoms with Gasteiger partial charge in [-0.2, -0.15) is 10.2 Å². The quantitative estimate of drug-likeness (QED) is 0.416. The summed E-state index contributed by atoms with van der Waals surface area (Å²) in [5.41, 5.74) is 5.74. The highest BCUT2D eigenvalue weighted by Crippen LogP contribution is 2.22. The number of fused-ring (bicyclic) bond motifs is 2. The van der Waals surface area contributed by atoms with Gasteiger partial charge in [0.2, 0.25) is 0 Å². The zero-order valence-electron chi connectivity index (χ0n) is 16.6. The van der Waals surface area contributed by atoms with Crippen molar-refractivity contribution in [2.75, 3.05) is 0 Å². The maximum atomic E-state index is 4.75. The Balaban J connectivity index is 1.24. The SMILES string of the molecule is c1ccc2nc(-c3cnn(Cn4cc(-c5ccc6ccccc6n5)cn4)c3)ccc2c1. The van der Waals surface area contributed by atoms with E-state index in [9.17, 15) is 0 Å². The minimum atomic E-state index is 0.515. The van der Waals surface area contributed by atoms with Gasteiger partial charge < -0.3 is 0 Å². The molecule has 31 heavy (non-hydrogen) atoms. The second-order valence-corrected chi connectivity index (χ2v) is 7.46. The van der Waals surface area contributed by atoms with Gasteiger partial charge in [0.15, 0.2) is 0 Å². The van der Waals surface area contributed by atoms with E-state index in [0.29, 0.717) is 6.67 Å². The van der Waals surface area contributed by atoms with Crippen LogP contribution < -0.4 is 0 Å². The average Bonchev–Trinajstić information content (AvgIpc) is 3.49. The number of nitrogens with zero attached hydrogens (tertiary/aromatic N) is 6. The van der Waals surface area contributed by atoms with E-state index in [-0.39, 0.29) is 0 Å². The molecule has 0 aliphatic rings. The number of hydrogen-bond donors (Lipinski definition) is 0. The molecule has 0 amide bonds. The summed E-state index contributed by atoms with van der Waals surface area (Å²) in [5, 5.41) is 11.2. The van der Waals surface area contributed by atoms with Gasteiger partial charge in [0, 0.05) is 34.3 Å². The third kappa shape index (κ3) is 3.34. The van der Waals surface area contributed by atoms with Gasteiger partial charge in [-0.3, -0.25) is 9.36 Å². The molecule has 6 rings (SSSR count). The van der Waals surface area contributed by atoms with Crippen molar-refractivity contribution in [2.45, 2.75) is 6.67 Å². The summed E-state index contributed by atoms with van der Waals surface area (Å²) in [6.07, 6.45) is 7.66. The van der Waals surface area contributed by atoms with Crippen molar-refractivity contribution in [2.24, 2.45) is 0 Å². The third-order valence-corrected chi connectivity index (χ3v) is 5.34. The van der Waals surface area contributed by atoms with E-state index in [1.165, 1.54) is 0 Å². The van der Waals surface area contributed by atoms with E-state index in [1.54, 1.807) is 0 Å². The maximum Gasteiger partial charge on any atom is 0.133 e. The number of benzene rings is 2. The van der Waals surface area contributed by atoms with E-state index in [2.05, 4.69) is 34.5 Å². The first kappa shape index (κ1) is 17.5. The lowest BCUT2D eigenvalue weighted by Crippen LogP contribution is -2.08. The number of rotatable bonds is 4. The lowest BCUT2D eigenvalue weighted by molar-refractivity contribution is 0.503. The van der Waals surface area contributed by atoms with Crippen molar-refractivity contribution in [1.29, 1.82) is 0 Å². The van der Waals surface area contributed by atoms with Crippen LogP contribution in [0.25, 0.3) is 44.3 Å². The fourth-order valence-corrected chi connectivity index (χ4v) is 3.75. The Morgan fingerprint density at radius 2 is 1.03 bits per heavy atom. The topological polar surface area (TPSA) is 61.4 Å². The Kier molecular flexibility index (Phi) is 4.06. The van der Waals surface area contributed by atoms with Crippen LogP contribution in [0.2, 0.25) is 0 Å². The van der Waals surface area contributed by atoms with E-state index >= 15 is 0 Å². The third-order valence-electron chi connectivity index (χ3n) is 5.34. The standard InChI is InChI=1S/C25H18N6/c1-3-7-22-18(5-1)9-11-24(28-22)20-13-26-30(15-20)17-31-16-21(14-27-31)25-12-10-19-6-2-4-8-23(19)29-25/h1-16H,17H2. The van der Waals surface area contributed by atoms with Crippen LogP contribution in [0.3, 0.4) is 0 Å². The van der Waals surface area contributed by atoms with E-state index in [0.717, 1.165) is 44.3 Å². The molecule has 0 unspecified atom stereocenters. The molecule has 0 N–H and O–H groups in total.